The van der Waals surface area contributed by atoms with Gasteiger partial charge < -0.3 is 5.32 Å². The summed E-state index contributed by atoms with van der Waals surface area (Å²) in [5, 5.41) is 3.71. The minimum Gasteiger partial charge on any atom is -0.310 e. The molecule has 2 aliphatic rings. The second kappa shape index (κ2) is 6.55. The Morgan fingerprint density at radius 2 is 1.89 bits per heavy atom. The van der Waals surface area contributed by atoms with E-state index in [0.717, 1.165) is 12.6 Å². The molecule has 0 aromatic carbocycles. The van der Waals surface area contributed by atoms with Gasteiger partial charge in [-0.1, -0.05) is 6.92 Å². The van der Waals surface area contributed by atoms with Crippen molar-refractivity contribution in [1.82, 2.24) is 15.1 Å². The summed E-state index contributed by atoms with van der Waals surface area (Å²) in [4.78, 5) is 5.40. The molecule has 3 nitrogen and oxygen atoms in total. The van der Waals surface area contributed by atoms with E-state index in [0.29, 0.717) is 6.04 Å². The van der Waals surface area contributed by atoms with E-state index >= 15 is 0 Å². The van der Waals surface area contributed by atoms with Gasteiger partial charge in [-0.3, -0.25) is 9.80 Å². The summed E-state index contributed by atoms with van der Waals surface area (Å²) in [5.41, 5.74) is 0.280. The Morgan fingerprint density at radius 3 is 2.53 bits per heavy atom. The lowest BCUT2D eigenvalue weighted by Crippen LogP contribution is -2.47. The summed E-state index contributed by atoms with van der Waals surface area (Å²) in [7, 11) is 0. The molecule has 2 rings (SSSR count). The molecule has 2 saturated heterocycles. The highest BCUT2D eigenvalue weighted by atomic mass is 15.3. The number of hydrogen-bond acceptors (Lipinski definition) is 3. The third-order valence-corrected chi connectivity index (χ3v) is 5.24. The normalized spacial score (nSPS) is 28.1. The van der Waals surface area contributed by atoms with E-state index in [1.54, 1.807) is 0 Å². The molecule has 0 aliphatic carbocycles. The van der Waals surface area contributed by atoms with Crippen molar-refractivity contribution < 1.29 is 0 Å². The minimum absolute atomic E-state index is 0.280. The van der Waals surface area contributed by atoms with Crippen LogP contribution in [0.5, 0.6) is 0 Å². The van der Waals surface area contributed by atoms with Crippen molar-refractivity contribution in [3.8, 4) is 0 Å². The van der Waals surface area contributed by atoms with Gasteiger partial charge in [-0.15, -0.1) is 0 Å². The first kappa shape index (κ1) is 15.3. The molecule has 2 unspecified atom stereocenters. The fourth-order valence-corrected chi connectivity index (χ4v) is 3.25. The van der Waals surface area contributed by atoms with Crippen molar-refractivity contribution in [3.63, 3.8) is 0 Å². The first-order chi connectivity index (χ1) is 9.02. The summed E-state index contributed by atoms with van der Waals surface area (Å²) >= 11 is 0. The molecule has 0 aromatic heterocycles. The van der Waals surface area contributed by atoms with Crippen LogP contribution in [0.1, 0.15) is 53.4 Å². The highest BCUT2D eigenvalue weighted by Crippen LogP contribution is 2.21. The van der Waals surface area contributed by atoms with Crippen LogP contribution in [0.2, 0.25) is 0 Å². The van der Waals surface area contributed by atoms with Crippen LogP contribution in [0, 0.1) is 0 Å². The Balaban J connectivity index is 1.73. The van der Waals surface area contributed by atoms with E-state index in [1.807, 2.05) is 0 Å². The van der Waals surface area contributed by atoms with Crippen molar-refractivity contribution in [2.45, 2.75) is 71.0 Å². The average Bonchev–Trinajstić information content (AvgIpc) is 3.05. The number of likely N-dealkylation sites (tertiary alicyclic amines) is 2. The summed E-state index contributed by atoms with van der Waals surface area (Å²) in [6, 6.07) is 1.50. The summed E-state index contributed by atoms with van der Waals surface area (Å²) in [6.07, 6.45) is 5.40. The molecule has 0 spiro atoms. The number of rotatable bonds is 6. The number of nitrogens with zero attached hydrogens (tertiary/aromatic N) is 2. The SMILES string of the molecule is CCC(C)(C)NCC(C)N1CCC(N2CCCC2)C1. The first-order valence-corrected chi connectivity index (χ1v) is 8.25. The molecule has 0 aromatic rings. The van der Waals surface area contributed by atoms with E-state index in [9.17, 15) is 0 Å². The molecule has 0 amide bonds. The fraction of sp³-hybridized carbons (Fsp3) is 1.00. The van der Waals surface area contributed by atoms with Gasteiger partial charge in [0.2, 0.25) is 0 Å². The smallest absolute Gasteiger partial charge is 0.0235 e. The Labute approximate surface area is 119 Å². The Morgan fingerprint density at radius 1 is 1.21 bits per heavy atom. The van der Waals surface area contributed by atoms with Crippen LogP contribution >= 0.6 is 0 Å². The maximum atomic E-state index is 3.71. The minimum atomic E-state index is 0.280. The molecule has 2 atom stereocenters. The molecule has 19 heavy (non-hydrogen) atoms. The molecule has 3 heteroatoms. The van der Waals surface area contributed by atoms with Crippen molar-refractivity contribution >= 4 is 0 Å². The lowest BCUT2D eigenvalue weighted by Gasteiger charge is -2.31. The second-order valence-electron chi connectivity index (χ2n) is 7.15. The van der Waals surface area contributed by atoms with Gasteiger partial charge in [0.15, 0.2) is 0 Å². The van der Waals surface area contributed by atoms with Crippen LogP contribution in [0.15, 0.2) is 0 Å². The molecular formula is C16H33N3. The predicted molar refractivity (Wildman–Crippen MR) is 82.6 cm³/mol. The second-order valence-corrected chi connectivity index (χ2v) is 7.15. The van der Waals surface area contributed by atoms with E-state index < -0.39 is 0 Å². The summed E-state index contributed by atoms with van der Waals surface area (Å²) < 4.78 is 0. The Kier molecular flexibility index (Phi) is 5.27. The molecular weight excluding hydrogens is 234 g/mol. The third kappa shape index (κ3) is 4.17. The Bertz CT molecular complexity index is 271. The van der Waals surface area contributed by atoms with E-state index in [-0.39, 0.29) is 5.54 Å². The van der Waals surface area contributed by atoms with Crippen molar-refractivity contribution in [3.05, 3.63) is 0 Å². The van der Waals surface area contributed by atoms with Crippen LogP contribution in [-0.4, -0.2) is 60.1 Å². The van der Waals surface area contributed by atoms with Gasteiger partial charge in [0.1, 0.15) is 0 Å². The topological polar surface area (TPSA) is 18.5 Å². The predicted octanol–water partition coefficient (Wildman–Crippen LogP) is 2.32. The largest absolute Gasteiger partial charge is 0.310 e. The quantitative estimate of drug-likeness (QED) is 0.797. The molecule has 0 saturated carbocycles. The number of nitrogens with one attached hydrogen (secondary N) is 1. The zero-order valence-corrected chi connectivity index (χ0v) is 13.4. The number of hydrogen-bond donors (Lipinski definition) is 1. The molecule has 2 aliphatic heterocycles. The maximum absolute atomic E-state index is 3.71. The van der Waals surface area contributed by atoms with Crippen molar-refractivity contribution in [2.75, 3.05) is 32.7 Å². The zero-order valence-electron chi connectivity index (χ0n) is 13.4. The van der Waals surface area contributed by atoms with Gasteiger partial charge >= 0.3 is 0 Å². The molecule has 112 valence electrons. The molecule has 1 N–H and O–H groups in total. The average molecular weight is 267 g/mol. The van der Waals surface area contributed by atoms with Crippen LogP contribution < -0.4 is 5.32 Å². The Hall–Kier alpha value is -0.120. The first-order valence-electron chi connectivity index (χ1n) is 8.25. The lowest BCUT2D eigenvalue weighted by molar-refractivity contribution is 0.196. The van der Waals surface area contributed by atoms with Gasteiger partial charge in [-0.05, 0) is 59.5 Å². The zero-order chi connectivity index (χ0) is 13.9. The van der Waals surface area contributed by atoms with E-state index in [1.165, 1.54) is 51.9 Å². The van der Waals surface area contributed by atoms with E-state index in [4.69, 9.17) is 0 Å². The molecule has 2 fully saturated rings. The highest BCUT2D eigenvalue weighted by molar-refractivity contribution is 4.89. The van der Waals surface area contributed by atoms with Crippen LogP contribution in [0.25, 0.3) is 0 Å². The highest BCUT2D eigenvalue weighted by Gasteiger charge is 2.31. The summed E-state index contributed by atoms with van der Waals surface area (Å²) in [5.74, 6) is 0. The van der Waals surface area contributed by atoms with Crippen LogP contribution in [-0.2, 0) is 0 Å². The summed E-state index contributed by atoms with van der Waals surface area (Å²) in [6.45, 7) is 15.6. The van der Waals surface area contributed by atoms with Crippen LogP contribution in [0.3, 0.4) is 0 Å². The monoisotopic (exact) mass is 267 g/mol. The van der Waals surface area contributed by atoms with Gasteiger partial charge in [0, 0.05) is 37.3 Å². The maximum Gasteiger partial charge on any atom is 0.0235 e. The van der Waals surface area contributed by atoms with Crippen molar-refractivity contribution in [2.24, 2.45) is 0 Å². The van der Waals surface area contributed by atoms with Crippen LogP contribution in [0.4, 0.5) is 0 Å². The van der Waals surface area contributed by atoms with Crippen molar-refractivity contribution in [1.29, 1.82) is 0 Å². The van der Waals surface area contributed by atoms with Gasteiger partial charge in [0.05, 0.1) is 0 Å². The fourth-order valence-electron chi connectivity index (χ4n) is 3.25. The van der Waals surface area contributed by atoms with Gasteiger partial charge in [0.25, 0.3) is 0 Å². The lowest BCUT2D eigenvalue weighted by atomic mass is 10.0. The molecule has 0 bridgehead atoms. The standard InChI is InChI=1S/C16H33N3/c1-5-16(3,4)17-12-14(2)19-11-8-15(13-19)18-9-6-7-10-18/h14-15,17H,5-13H2,1-4H3. The molecule has 2 heterocycles. The van der Waals surface area contributed by atoms with Gasteiger partial charge in [-0.25, -0.2) is 0 Å². The van der Waals surface area contributed by atoms with E-state index in [2.05, 4.69) is 42.8 Å². The van der Waals surface area contributed by atoms with Gasteiger partial charge in [-0.2, -0.15) is 0 Å². The molecule has 0 radical (unpaired) electrons. The third-order valence-electron chi connectivity index (χ3n) is 5.24.